The topological polar surface area (TPSA) is 31.4 Å². The molecule has 0 unspecified atom stereocenters. The van der Waals surface area contributed by atoms with Crippen LogP contribution >= 0.6 is 0 Å². The molecule has 5 rings (SSSR count). The summed E-state index contributed by atoms with van der Waals surface area (Å²) in [7, 11) is 0. The summed E-state index contributed by atoms with van der Waals surface area (Å²) < 4.78 is 91.3. The van der Waals surface area contributed by atoms with E-state index in [0.717, 1.165) is 35.6 Å². The Morgan fingerprint density at radius 3 is 1.17 bits per heavy atom. The van der Waals surface area contributed by atoms with E-state index in [1.54, 1.807) is 0 Å². The van der Waals surface area contributed by atoms with E-state index in [2.05, 4.69) is 0 Å². The zero-order chi connectivity index (χ0) is 25.5. The molecule has 3 heterocycles. The number of nitrogens with zero attached hydrogens (tertiary/aromatic N) is 4. The molecule has 6 nitrogen and oxygen atoms in total. The highest BCUT2D eigenvalue weighted by molar-refractivity contribution is 5.78. The number of ether oxygens (including phenoxy) is 2. The lowest BCUT2D eigenvalue weighted by atomic mass is 10.1. The molecule has 1 fully saturated rings. The maximum absolute atomic E-state index is 13.3. The van der Waals surface area contributed by atoms with Crippen molar-refractivity contribution in [2.75, 3.05) is 85.5 Å². The van der Waals surface area contributed by atoms with E-state index in [1.165, 1.54) is 12.1 Å². The Morgan fingerprint density at radius 2 is 0.833 bits per heavy atom. The van der Waals surface area contributed by atoms with Crippen LogP contribution in [0.2, 0.25) is 0 Å². The van der Waals surface area contributed by atoms with Crippen LogP contribution < -0.4 is 19.6 Å². The van der Waals surface area contributed by atoms with Crippen LogP contribution in [0.5, 0.6) is 0 Å². The molecule has 4 bridgehead atoms. The first-order chi connectivity index (χ1) is 17.1. The molecule has 0 radical (unpaired) electrons. The van der Waals surface area contributed by atoms with Crippen molar-refractivity contribution in [2.24, 2.45) is 0 Å². The predicted octanol–water partition coefficient (Wildman–Crippen LogP) is 4.64. The van der Waals surface area contributed by atoms with Gasteiger partial charge < -0.3 is 29.1 Å². The van der Waals surface area contributed by atoms with Crippen LogP contribution in [0, 0.1) is 0 Å². The Bertz CT molecular complexity index is 1010. The third kappa shape index (κ3) is 5.01. The van der Waals surface area contributed by atoms with Crippen molar-refractivity contribution in [3.63, 3.8) is 0 Å². The van der Waals surface area contributed by atoms with Crippen molar-refractivity contribution in [1.82, 2.24) is 0 Å². The number of halogens is 6. The van der Waals surface area contributed by atoms with Gasteiger partial charge in [0.25, 0.3) is 0 Å². The van der Waals surface area contributed by atoms with Crippen molar-refractivity contribution in [3.8, 4) is 0 Å². The molecule has 0 atom stereocenters. The lowest BCUT2D eigenvalue weighted by Gasteiger charge is -2.24. The smallest absolute Gasteiger partial charge is 0.378 e. The number of benzene rings is 2. The predicted molar refractivity (Wildman–Crippen MR) is 124 cm³/mol. The number of anilines is 4. The number of hydrogen-bond donors (Lipinski definition) is 0. The van der Waals surface area contributed by atoms with Crippen LogP contribution in [0.3, 0.4) is 0 Å². The minimum atomic E-state index is -4.44. The zero-order valence-electron chi connectivity index (χ0n) is 19.4. The third-order valence-electron chi connectivity index (χ3n) is 6.67. The first kappa shape index (κ1) is 24.8. The Balaban J connectivity index is 1.32. The summed E-state index contributed by atoms with van der Waals surface area (Å²) in [6, 6.07) is 7.51. The molecular formula is C24H26F6N4O2. The molecule has 0 aromatic heterocycles. The lowest BCUT2D eigenvalue weighted by molar-refractivity contribution is -0.138. The lowest BCUT2D eigenvalue weighted by Crippen LogP contribution is -2.37. The molecule has 0 N–H and O–H groups in total. The zero-order valence-corrected chi connectivity index (χ0v) is 19.4. The Morgan fingerprint density at radius 1 is 0.500 bits per heavy atom. The molecule has 0 aliphatic carbocycles. The van der Waals surface area contributed by atoms with Crippen LogP contribution in [-0.2, 0) is 21.8 Å². The highest BCUT2D eigenvalue weighted by atomic mass is 19.4. The summed E-state index contributed by atoms with van der Waals surface area (Å²) in [6.45, 7) is 3.87. The van der Waals surface area contributed by atoms with E-state index in [4.69, 9.17) is 9.47 Å². The molecule has 3 aliphatic rings. The summed E-state index contributed by atoms with van der Waals surface area (Å²) in [6.07, 6.45) is -8.87. The van der Waals surface area contributed by atoms with Crippen LogP contribution in [-0.4, -0.2) is 65.9 Å². The fourth-order valence-corrected chi connectivity index (χ4v) is 4.83. The van der Waals surface area contributed by atoms with Gasteiger partial charge in [-0.3, -0.25) is 0 Å². The van der Waals surface area contributed by atoms with E-state index >= 15 is 0 Å². The molecule has 36 heavy (non-hydrogen) atoms. The molecule has 3 aliphatic heterocycles. The van der Waals surface area contributed by atoms with E-state index in [9.17, 15) is 26.3 Å². The average molecular weight is 516 g/mol. The number of fused-ring (bicyclic) bond motifs is 10. The highest BCUT2D eigenvalue weighted by Gasteiger charge is 2.36. The van der Waals surface area contributed by atoms with Gasteiger partial charge in [-0.2, -0.15) is 26.3 Å². The molecule has 12 heteroatoms. The van der Waals surface area contributed by atoms with Gasteiger partial charge in [-0.25, -0.2) is 0 Å². The minimum absolute atomic E-state index is 0.271. The van der Waals surface area contributed by atoms with Crippen LogP contribution in [0.25, 0.3) is 0 Å². The van der Waals surface area contributed by atoms with Crippen molar-refractivity contribution >= 4 is 22.7 Å². The highest BCUT2D eigenvalue weighted by Crippen LogP contribution is 2.42. The second-order valence-corrected chi connectivity index (χ2v) is 8.96. The molecule has 2 aromatic rings. The fourth-order valence-electron chi connectivity index (χ4n) is 4.83. The number of rotatable bonds is 0. The van der Waals surface area contributed by atoms with Gasteiger partial charge in [-0.15, -0.1) is 0 Å². The van der Waals surface area contributed by atoms with Gasteiger partial charge in [-0.1, -0.05) is 0 Å². The van der Waals surface area contributed by atoms with E-state index in [-0.39, 0.29) is 13.2 Å². The van der Waals surface area contributed by atoms with E-state index < -0.39 is 23.5 Å². The Kier molecular flexibility index (Phi) is 6.58. The summed E-state index contributed by atoms with van der Waals surface area (Å²) in [5.74, 6) is 0. The summed E-state index contributed by atoms with van der Waals surface area (Å²) in [4.78, 5) is 7.65. The second-order valence-electron chi connectivity index (χ2n) is 8.96. The summed E-state index contributed by atoms with van der Waals surface area (Å²) in [5, 5.41) is 0. The summed E-state index contributed by atoms with van der Waals surface area (Å²) in [5.41, 5.74) is 1.04. The standard InChI is InChI=1S/C24H26F6N4O2/c25-23(26,27)17-1-3-19-21(13-17)33-7-11-36-12-8-34-16-32(6-10-35-9-5-31(19)15-33)20-4-2-18(14-22(20)34)24(28,29)30/h1-4,13-14H,5-12,15-16H2. The van der Waals surface area contributed by atoms with Crippen LogP contribution in [0.4, 0.5) is 49.1 Å². The van der Waals surface area contributed by atoms with Crippen molar-refractivity contribution in [3.05, 3.63) is 47.5 Å². The normalized spacial score (nSPS) is 19.5. The third-order valence-corrected chi connectivity index (χ3v) is 6.67. The van der Waals surface area contributed by atoms with E-state index in [1.807, 2.05) is 19.6 Å². The fraction of sp³-hybridized carbons (Fsp3) is 0.500. The molecule has 2 aromatic carbocycles. The molecular weight excluding hydrogens is 490 g/mol. The first-order valence-electron chi connectivity index (χ1n) is 11.7. The minimum Gasteiger partial charge on any atom is -0.378 e. The SMILES string of the molecule is FC(F)(F)c1ccc2c(c1)N1CCOCCN3CN(CCOCCN2C1)c1ccc(C(F)(F)F)cc13. The van der Waals surface area contributed by atoms with Crippen LogP contribution in [0.1, 0.15) is 11.1 Å². The summed E-state index contributed by atoms with van der Waals surface area (Å²) >= 11 is 0. The molecule has 0 spiro atoms. The van der Waals surface area contributed by atoms with E-state index in [0.29, 0.717) is 64.1 Å². The largest absolute Gasteiger partial charge is 0.416 e. The second kappa shape index (κ2) is 9.55. The molecule has 196 valence electrons. The van der Waals surface area contributed by atoms with Crippen molar-refractivity contribution < 1.29 is 35.8 Å². The van der Waals surface area contributed by atoms with Crippen molar-refractivity contribution in [1.29, 1.82) is 0 Å². The van der Waals surface area contributed by atoms with Gasteiger partial charge in [0.2, 0.25) is 0 Å². The van der Waals surface area contributed by atoms with Gasteiger partial charge in [-0.05, 0) is 36.4 Å². The van der Waals surface area contributed by atoms with Gasteiger partial charge >= 0.3 is 12.4 Å². The van der Waals surface area contributed by atoms with Gasteiger partial charge in [0.05, 0.1) is 73.6 Å². The quantitative estimate of drug-likeness (QED) is 0.475. The molecule has 0 amide bonds. The molecule has 0 saturated carbocycles. The van der Waals surface area contributed by atoms with Crippen LogP contribution in [0.15, 0.2) is 36.4 Å². The van der Waals surface area contributed by atoms with Gasteiger partial charge in [0.1, 0.15) is 0 Å². The van der Waals surface area contributed by atoms with Gasteiger partial charge in [0.15, 0.2) is 0 Å². The monoisotopic (exact) mass is 516 g/mol. The van der Waals surface area contributed by atoms with Gasteiger partial charge in [0, 0.05) is 26.2 Å². The average Bonchev–Trinajstić information content (AvgIpc) is 3.34. The Labute approximate surface area is 204 Å². The first-order valence-corrected chi connectivity index (χ1v) is 11.7. The van der Waals surface area contributed by atoms with Crippen molar-refractivity contribution in [2.45, 2.75) is 12.4 Å². The Hall–Kier alpha value is -2.86. The maximum atomic E-state index is 13.3. The maximum Gasteiger partial charge on any atom is 0.416 e. The number of hydrogen-bond acceptors (Lipinski definition) is 6. The number of alkyl halides is 6. The molecule has 1 saturated heterocycles.